The third-order valence-corrected chi connectivity index (χ3v) is 4.80. The predicted molar refractivity (Wildman–Crippen MR) is 81.0 cm³/mol. The van der Waals surface area contributed by atoms with Gasteiger partial charge in [0.1, 0.15) is 0 Å². The quantitative estimate of drug-likeness (QED) is 0.715. The zero-order valence-electron chi connectivity index (χ0n) is 13.3. The fourth-order valence-corrected chi connectivity index (χ4v) is 3.45. The summed E-state index contributed by atoms with van der Waals surface area (Å²) in [5.41, 5.74) is 0. The van der Waals surface area contributed by atoms with Crippen LogP contribution in [0.2, 0.25) is 0 Å². The van der Waals surface area contributed by atoms with Crippen molar-refractivity contribution in [2.24, 2.45) is 5.92 Å². The molecule has 6 heteroatoms. The highest BCUT2D eigenvalue weighted by Gasteiger charge is 2.31. The molecule has 2 amide bonds. The Morgan fingerprint density at radius 2 is 1.68 bits per heavy atom. The molecule has 1 unspecified atom stereocenters. The van der Waals surface area contributed by atoms with Crippen LogP contribution in [0.15, 0.2) is 0 Å². The van der Waals surface area contributed by atoms with E-state index in [2.05, 4.69) is 0 Å². The summed E-state index contributed by atoms with van der Waals surface area (Å²) in [6.07, 6.45) is 5.85. The molecular formula is C16H26N2O4. The van der Waals surface area contributed by atoms with Crippen LogP contribution in [-0.4, -0.2) is 60.4 Å². The highest BCUT2D eigenvalue weighted by Crippen LogP contribution is 2.28. The number of amides is 2. The van der Waals surface area contributed by atoms with Crippen molar-refractivity contribution >= 4 is 18.3 Å². The maximum Gasteiger partial charge on any atom is 0.293 e. The Balaban J connectivity index is 1.88. The first-order chi connectivity index (χ1) is 10.6. The molecule has 0 aromatic heterocycles. The Bertz CT molecular complexity index is 399. The largest absolute Gasteiger partial charge is 0.454 e. The minimum absolute atomic E-state index is 0.0370. The molecule has 1 aliphatic heterocycles. The number of nitrogens with zero attached hydrogens (tertiary/aromatic N) is 2. The number of ether oxygens (including phenoxy) is 1. The van der Waals surface area contributed by atoms with Gasteiger partial charge in [-0.1, -0.05) is 32.1 Å². The summed E-state index contributed by atoms with van der Waals surface area (Å²) in [7, 11) is 0. The molecule has 0 aromatic carbocycles. The first-order valence-electron chi connectivity index (χ1n) is 8.25. The zero-order chi connectivity index (χ0) is 15.9. The van der Waals surface area contributed by atoms with Gasteiger partial charge >= 0.3 is 0 Å². The van der Waals surface area contributed by atoms with Gasteiger partial charge in [-0.25, -0.2) is 0 Å². The van der Waals surface area contributed by atoms with Crippen LogP contribution in [0.5, 0.6) is 0 Å². The van der Waals surface area contributed by atoms with Crippen molar-refractivity contribution in [3.8, 4) is 0 Å². The van der Waals surface area contributed by atoms with E-state index in [0.717, 1.165) is 12.8 Å². The molecule has 1 saturated heterocycles. The minimum Gasteiger partial charge on any atom is -0.454 e. The summed E-state index contributed by atoms with van der Waals surface area (Å²) >= 11 is 0. The minimum atomic E-state index is -0.663. The molecule has 1 atom stereocenters. The molecule has 0 radical (unpaired) electrons. The van der Waals surface area contributed by atoms with E-state index < -0.39 is 6.10 Å². The lowest BCUT2D eigenvalue weighted by Crippen LogP contribution is -2.53. The molecule has 6 nitrogen and oxygen atoms in total. The molecule has 2 fully saturated rings. The van der Waals surface area contributed by atoms with E-state index in [-0.39, 0.29) is 11.8 Å². The van der Waals surface area contributed by atoms with Crippen molar-refractivity contribution in [3.63, 3.8) is 0 Å². The molecule has 1 heterocycles. The van der Waals surface area contributed by atoms with Gasteiger partial charge in [-0.2, -0.15) is 0 Å². The van der Waals surface area contributed by atoms with Crippen molar-refractivity contribution in [3.05, 3.63) is 0 Å². The van der Waals surface area contributed by atoms with E-state index in [0.29, 0.717) is 45.0 Å². The third-order valence-electron chi connectivity index (χ3n) is 4.80. The first-order valence-corrected chi connectivity index (χ1v) is 8.25. The summed E-state index contributed by atoms with van der Waals surface area (Å²) in [5, 5.41) is 0. The van der Waals surface area contributed by atoms with Gasteiger partial charge in [0.05, 0.1) is 0 Å². The Labute approximate surface area is 131 Å². The Morgan fingerprint density at radius 3 is 2.23 bits per heavy atom. The number of hydrogen-bond acceptors (Lipinski definition) is 4. The monoisotopic (exact) mass is 310 g/mol. The molecule has 2 aliphatic rings. The highest BCUT2D eigenvalue weighted by atomic mass is 16.5. The van der Waals surface area contributed by atoms with Crippen molar-refractivity contribution in [1.29, 1.82) is 0 Å². The normalized spacial score (nSPS) is 21.3. The maximum atomic E-state index is 12.6. The summed E-state index contributed by atoms with van der Waals surface area (Å²) < 4.78 is 5.08. The molecule has 0 bridgehead atoms. The molecular weight excluding hydrogens is 284 g/mol. The van der Waals surface area contributed by atoms with E-state index in [9.17, 15) is 14.4 Å². The Morgan fingerprint density at radius 1 is 1.09 bits per heavy atom. The van der Waals surface area contributed by atoms with Crippen LogP contribution in [0.4, 0.5) is 0 Å². The van der Waals surface area contributed by atoms with Crippen LogP contribution in [0.25, 0.3) is 0 Å². The standard InChI is InChI=1S/C16H26N2O4/c1-13(20)17-7-9-18(10-8-17)16(21)15(22-12-19)11-14-5-3-2-4-6-14/h12,14-15H,2-11H2,1H3. The Hall–Kier alpha value is -1.59. The molecule has 22 heavy (non-hydrogen) atoms. The van der Waals surface area contributed by atoms with Gasteiger partial charge in [0.2, 0.25) is 5.91 Å². The van der Waals surface area contributed by atoms with Gasteiger partial charge in [-0.05, 0) is 12.3 Å². The summed E-state index contributed by atoms with van der Waals surface area (Å²) in [6, 6.07) is 0. The van der Waals surface area contributed by atoms with Crippen LogP contribution in [-0.2, 0) is 19.1 Å². The van der Waals surface area contributed by atoms with Gasteiger partial charge in [-0.3, -0.25) is 14.4 Å². The van der Waals surface area contributed by atoms with E-state index in [1.165, 1.54) is 19.3 Å². The number of carbonyl (C=O) groups is 3. The number of hydrogen-bond donors (Lipinski definition) is 0. The summed E-state index contributed by atoms with van der Waals surface area (Å²) in [4.78, 5) is 38.1. The molecule has 0 aromatic rings. The van der Waals surface area contributed by atoms with Crippen LogP contribution >= 0.6 is 0 Å². The third kappa shape index (κ3) is 4.45. The fourth-order valence-electron chi connectivity index (χ4n) is 3.45. The predicted octanol–water partition coefficient (Wildman–Crippen LogP) is 1.19. The van der Waals surface area contributed by atoms with E-state index in [4.69, 9.17) is 4.74 Å². The number of carbonyl (C=O) groups excluding carboxylic acids is 3. The zero-order valence-corrected chi connectivity index (χ0v) is 13.3. The lowest BCUT2D eigenvalue weighted by Gasteiger charge is -2.36. The molecule has 1 saturated carbocycles. The first kappa shape index (κ1) is 16.8. The molecule has 2 rings (SSSR count). The van der Waals surface area contributed by atoms with E-state index in [1.807, 2.05) is 0 Å². The smallest absolute Gasteiger partial charge is 0.293 e. The van der Waals surface area contributed by atoms with Crippen LogP contribution in [0.1, 0.15) is 45.4 Å². The van der Waals surface area contributed by atoms with E-state index in [1.54, 1.807) is 16.7 Å². The number of piperazine rings is 1. The van der Waals surface area contributed by atoms with Gasteiger partial charge in [0, 0.05) is 33.1 Å². The SMILES string of the molecule is CC(=O)N1CCN(C(=O)C(CC2CCCCC2)OC=O)CC1. The van der Waals surface area contributed by atoms with Crippen LogP contribution in [0.3, 0.4) is 0 Å². The summed E-state index contributed by atoms with van der Waals surface area (Å²) in [6.45, 7) is 4.07. The van der Waals surface area contributed by atoms with Crippen LogP contribution < -0.4 is 0 Å². The average molecular weight is 310 g/mol. The van der Waals surface area contributed by atoms with Crippen LogP contribution in [0, 0.1) is 5.92 Å². The van der Waals surface area contributed by atoms with Gasteiger partial charge in [-0.15, -0.1) is 0 Å². The lowest BCUT2D eigenvalue weighted by molar-refractivity contribution is -0.154. The van der Waals surface area contributed by atoms with Crippen molar-refractivity contribution in [2.45, 2.75) is 51.6 Å². The van der Waals surface area contributed by atoms with Crippen molar-refractivity contribution in [1.82, 2.24) is 9.80 Å². The molecule has 124 valence electrons. The molecule has 0 spiro atoms. The van der Waals surface area contributed by atoms with Crippen molar-refractivity contribution < 1.29 is 19.1 Å². The average Bonchev–Trinajstić information content (AvgIpc) is 2.55. The second-order valence-electron chi connectivity index (χ2n) is 6.29. The van der Waals surface area contributed by atoms with Crippen molar-refractivity contribution in [2.75, 3.05) is 26.2 Å². The van der Waals surface area contributed by atoms with Gasteiger partial charge < -0.3 is 14.5 Å². The molecule has 0 N–H and O–H groups in total. The second-order valence-corrected chi connectivity index (χ2v) is 6.29. The lowest BCUT2D eigenvalue weighted by atomic mass is 9.85. The summed E-state index contributed by atoms with van der Waals surface area (Å²) in [5.74, 6) is 0.400. The number of rotatable bonds is 5. The molecule has 1 aliphatic carbocycles. The second kappa shape index (κ2) is 8.15. The van der Waals surface area contributed by atoms with Gasteiger partial charge in [0.15, 0.2) is 6.10 Å². The van der Waals surface area contributed by atoms with E-state index >= 15 is 0 Å². The fraction of sp³-hybridized carbons (Fsp3) is 0.812. The Kier molecular flexibility index (Phi) is 6.21. The highest BCUT2D eigenvalue weighted by molar-refractivity contribution is 5.82. The van der Waals surface area contributed by atoms with Gasteiger partial charge in [0.25, 0.3) is 12.4 Å². The topological polar surface area (TPSA) is 66.9 Å². The maximum absolute atomic E-state index is 12.6.